The minimum atomic E-state index is -0.162. The van der Waals surface area contributed by atoms with E-state index in [1.54, 1.807) is 0 Å². The Hall–Kier alpha value is -1.84. The molecule has 1 aromatic carbocycles. The second kappa shape index (κ2) is 2.82. The molecule has 1 fully saturated rings. The van der Waals surface area contributed by atoms with E-state index in [-0.39, 0.29) is 11.9 Å². The summed E-state index contributed by atoms with van der Waals surface area (Å²) in [5.74, 6) is 0.705. The van der Waals surface area contributed by atoms with E-state index in [4.69, 9.17) is 0 Å². The van der Waals surface area contributed by atoms with Crippen molar-refractivity contribution in [3.63, 3.8) is 0 Å². The number of carbonyl (C=O) groups is 1. The van der Waals surface area contributed by atoms with Gasteiger partial charge in [0.2, 0.25) is 11.9 Å². The second-order valence-corrected chi connectivity index (χ2v) is 3.80. The predicted molar refractivity (Wildman–Crippen MR) is 57.7 cm³/mol. The van der Waals surface area contributed by atoms with E-state index in [0.29, 0.717) is 12.5 Å². The molecule has 0 aromatic heterocycles. The quantitative estimate of drug-likeness (QED) is 0.677. The van der Waals surface area contributed by atoms with Gasteiger partial charge in [0.05, 0.1) is 6.54 Å². The Morgan fingerprint density at radius 1 is 1.47 bits per heavy atom. The van der Waals surface area contributed by atoms with Crippen molar-refractivity contribution in [1.29, 1.82) is 0 Å². The van der Waals surface area contributed by atoms with Crippen molar-refractivity contribution in [1.82, 2.24) is 5.32 Å². The Balaban J connectivity index is 2.14. The number of fused-ring (bicyclic) bond motifs is 3. The van der Waals surface area contributed by atoms with Crippen molar-refractivity contribution < 1.29 is 4.79 Å². The molecule has 0 aliphatic carbocycles. The number of para-hydroxylation sites is 1. The lowest BCUT2D eigenvalue weighted by Crippen LogP contribution is -2.36. The monoisotopic (exact) mass is 201 g/mol. The maximum absolute atomic E-state index is 11.5. The first kappa shape index (κ1) is 8.47. The number of hydrogen-bond acceptors (Lipinski definition) is 3. The molecule has 1 atom stereocenters. The molecule has 2 aliphatic rings. The van der Waals surface area contributed by atoms with Crippen molar-refractivity contribution in [3.8, 4) is 0 Å². The zero-order valence-corrected chi connectivity index (χ0v) is 8.40. The first-order chi connectivity index (χ1) is 7.27. The summed E-state index contributed by atoms with van der Waals surface area (Å²) in [6.45, 7) is 2.54. The summed E-state index contributed by atoms with van der Waals surface area (Å²) in [4.78, 5) is 17.8. The topological polar surface area (TPSA) is 44.7 Å². The Kier molecular flexibility index (Phi) is 1.59. The Labute approximate surface area is 87.6 Å². The number of carbonyl (C=O) groups excluding carboxylic acids is 1. The third-order valence-electron chi connectivity index (χ3n) is 2.88. The fraction of sp³-hybridized carbons (Fsp3) is 0.273. The minimum Gasteiger partial charge on any atom is -0.300 e. The highest BCUT2D eigenvalue weighted by molar-refractivity contribution is 6.17. The summed E-state index contributed by atoms with van der Waals surface area (Å²) in [7, 11) is 0. The number of anilines is 1. The van der Waals surface area contributed by atoms with Gasteiger partial charge in [-0.25, -0.2) is 4.99 Å². The van der Waals surface area contributed by atoms with Crippen LogP contribution in [0.1, 0.15) is 12.5 Å². The molecule has 1 N–H and O–H groups in total. The first-order valence-corrected chi connectivity index (χ1v) is 5.00. The number of nitrogens with zero attached hydrogens (tertiary/aromatic N) is 2. The van der Waals surface area contributed by atoms with Crippen LogP contribution >= 0.6 is 0 Å². The Morgan fingerprint density at radius 2 is 2.27 bits per heavy atom. The Bertz CT molecular complexity index is 467. The number of hydrogen-bond donors (Lipinski definition) is 1. The number of benzene rings is 1. The lowest BCUT2D eigenvalue weighted by atomic mass is 10.1. The normalized spacial score (nSPS) is 23.0. The highest BCUT2D eigenvalue weighted by Crippen LogP contribution is 2.29. The van der Waals surface area contributed by atoms with Crippen LogP contribution in [0.5, 0.6) is 0 Å². The van der Waals surface area contributed by atoms with Crippen LogP contribution in [0, 0.1) is 0 Å². The molecule has 0 bridgehead atoms. The van der Waals surface area contributed by atoms with Crippen LogP contribution in [0.2, 0.25) is 0 Å². The van der Waals surface area contributed by atoms with Crippen molar-refractivity contribution in [2.45, 2.75) is 19.5 Å². The van der Waals surface area contributed by atoms with Crippen molar-refractivity contribution in [2.75, 3.05) is 4.90 Å². The molecule has 1 saturated heterocycles. The van der Waals surface area contributed by atoms with Gasteiger partial charge in [-0.1, -0.05) is 18.2 Å². The molecule has 4 heteroatoms. The zero-order valence-electron chi connectivity index (χ0n) is 8.40. The molecule has 2 heterocycles. The van der Waals surface area contributed by atoms with Crippen LogP contribution in [0.25, 0.3) is 0 Å². The average molecular weight is 201 g/mol. The molecule has 0 saturated carbocycles. The van der Waals surface area contributed by atoms with Crippen LogP contribution in [-0.4, -0.2) is 17.9 Å². The Morgan fingerprint density at radius 3 is 3.13 bits per heavy atom. The molecular formula is C11H11N3O. The van der Waals surface area contributed by atoms with Gasteiger partial charge in [-0.05, 0) is 18.6 Å². The van der Waals surface area contributed by atoms with Gasteiger partial charge in [0.15, 0.2) is 0 Å². The molecule has 1 amide bonds. The standard InChI is InChI=1S/C11H11N3O/c1-7-10(15)13-11-12-6-8-4-2-3-5-9(8)14(7)11/h2-5,7H,6H2,1H3,(H,12,13,15). The predicted octanol–water partition coefficient (Wildman–Crippen LogP) is 0.881. The van der Waals surface area contributed by atoms with Crippen molar-refractivity contribution in [2.24, 2.45) is 4.99 Å². The van der Waals surface area contributed by atoms with E-state index >= 15 is 0 Å². The summed E-state index contributed by atoms with van der Waals surface area (Å²) in [5.41, 5.74) is 2.26. The SMILES string of the molecule is CC1C(=O)NC2=NCc3ccccc3N21. The molecule has 15 heavy (non-hydrogen) atoms. The van der Waals surface area contributed by atoms with Crippen molar-refractivity contribution >= 4 is 17.6 Å². The lowest BCUT2D eigenvalue weighted by molar-refractivity contribution is -0.119. The van der Waals surface area contributed by atoms with Crippen LogP contribution in [0.4, 0.5) is 5.69 Å². The number of rotatable bonds is 0. The maximum atomic E-state index is 11.5. The molecular weight excluding hydrogens is 190 g/mol. The summed E-state index contributed by atoms with van der Waals surface area (Å²) in [6, 6.07) is 7.89. The van der Waals surface area contributed by atoms with Gasteiger partial charge < -0.3 is 0 Å². The van der Waals surface area contributed by atoms with Gasteiger partial charge in [-0.15, -0.1) is 0 Å². The number of aliphatic imine (C=N–C) groups is 1. The molecule has 3 rings (SSSR count). The summed E-state index contributed by atoms with van der Waals surface area (Å²) in [6.07, 6.45) is 0. The van der Waals surface area contributed by atoms with E-state index in [2.05, 4.69) is 10.3 Å². The van der Waals surface area contributed by atoms with Crippen LogP contribution in [-0.2, 0) is 11.3 Å². The van der Waals surface area contributed by atoms with E-state index in [1.807, 2.05) is 36.1 Å². The molecule has 2 aliphatic heterocycles. The summed E-state index contributed by atoms with van der Waals surface area (Å²) >= 11 is 0. The molecule has 76 valence electrons. The second-order valence-electron chi connectivity index (χ2n) is 3.80. The van der Waals surface area contributed by atoms with Gasteiger partial charge >= 0.3 is 0 Å². The number of guanidine groups is 1. The highest BCUT2D eigenvalue weighted by Gasteiger charge is 2.36. The maximum Gasteiger partial charge on any atom is 0.249 e. The summed E-state index contributed by atoms with van der Waals surface area (Å²) < 4.78 is 0. The smallest absolute Gasteiger partial charge is 0.249 e. The third-order valence-corrected chi connectivity index (χ3v) is 2.88. The van der Waals surface area contributed by atoms with Crippen molar-refractivity contribution in [3.05, 3.63) is 29.8 Å². The molecule has 0 spiro atoms. The fourth-order valence-corrected chi connectivity index (χ4v) is 2.05. The van der Waals surface area contributed by atoms with Crippen LogP contribution in [0.15, 0.2) is 29.3 Å². The molecule has 1 unspecified atom stereocenters. The average Bonchev–Trinajstić information content (AvgIpc) is 2.55. The fourth-order valence-electron chi connectivity index (χ4n) is 2.05. The highest BCUT2D eigenvalue weighted by atomic mass is 16.2. The lowest BCUT2D eigenvalue weighted by Gasteiger charge is -2.27. The van der Waals surface area contributed by atoms with E-state index < -0.39 is 0 Å². The molecule has 1 aromatic rings. The van der Waals surface area contributed by atoms with Gasteiger partial charge in [0.1, 0.15) is 6.04 Å². The van der Waals surface area contributed by atoms with Crippen LogP contribution < -0.4 is 10.2 Å². The molecule has 4 nitrogen and oxygen atoms in total. The first-order valence-electron chi connectivity index (χ1n) is 5.00. The van der Waals surface area contributed by atoms with Gasteiger partial charge in [0, 0.05) is 5.69 Å². The minimum absolute atomic E-state index is 0.0189. The van der Waals surface area contributed by atoms with Gasteiger partial charge in [0.25, 0.3) is 0 Å². The van der Waals surface area contributed by atoms with E-state index in [0.717, 1.165) is 5.69 Å². The van der Waals surface area contributed by atoms with E-state index in [9.17, 15) is 4.79 Å². The van der Waals surface area contributed by atoms with Gasteiger partial charge in [-0.2, -0.15) is 0 Å². The van der Waals surface area contributed by atoms with Gasteiger partial charge in [-0.3, -0.25) is 15.0 Å². The summed E-state index contributed by atoms with van der Waals surface area (Å²) in [5, 5.41) is 2.78. The third kappa shape index (κ3) is 1.08. The number of amides is 1. The number of nitrogens with one attached hydrogen (secondary N) is 1. The largest absolute Gasteiger partial charge is 0.300 e. The van der Waals surface area contributed by atoms with E-state index in [1.165, 1.54) is 5.56 Å². The molecule has 0 radical (unpaired) electrons. The van der Waals surface area contributed by atoms with Crippen LogP contribution in [0.3, 0.4) is 0 Å². The zero-order chi connectivity index (χ0) is 10.4.